The van der Waals surface area contributed by atoms with Crippen LogP contribution in [-0.2, 0) is 9.59 Å². The van der Waals surface area contributed by atoms with Crippen LogP contribution in [0.1, 0.15) is 5.56 Å². The summed E-state index contributed by atoms with van der Waals surface area (Å²) in [6.45, 7) is 1.80. The van der Waals surface area contributed by atoms with Crippen molar-refractivity contribution in [1.29, 1.82) is 0 Å². The molecule has 0 radical (unpaired) electrons. The van der Waals surface area contributed by atoms with Gasteiger partial charge in [-0.15, -0.1) is 0 Å². The van der Waals surface area contributed by atoms with Gasteiger partial charge in [-0.3, -0.25) is 9.59 Å². The molecule has 3 N–H and O–H groups in total. The monoisotopic (exact) mass is 304 g/mol. The number of phenols is 1. The normalized spacial score (nSPS) is 10.0. The van der Waals surface area contributed by atoms with Gasteiger partial charge in [0.1, 0.15) is 5.75 Å². The van der Waals surface area contributed by atoms with E-state index in [9.17, 15) is 14.7 Å². The van der Waals surface area contributed by atoms with E-state index < -0.39 is 11.8 Å². The van der Waals surface area contributed by atoms with Gasteiger partial charge in [-0.2, -0.15) is 0 Å². The number of nitrogens with one attached hydrogen (secondary N) is 2. The maximum absolute atomic E-state index is 11.8. The highest BCUT2D eigenvalue weighted by molar-refractivity contribution is 6.44. The van der Waals surface area contributed by atoms with Crippen molar-refractivity contribution in [3.05, 3.63) is 53.1 Å². The minimum absolute atomic E-state index is 0.112. The number of hydrogen-bond donors (Lipinski definition) is 3. The third-order valence-corrected chi connectivity index (χ3v) is 3.06. The fraction of sp³-hybridized carbons (Fsp3) is 0.0667. The molecule has 2 aromatic carbocycles. The van der Waals surface area contributed by atoms with Crippen molar-refractivity contribution in [3.8, 4) is 5.75 Å². The molecule has 0 atom stereocenters. The molecule has 0 fully saturated rings. The maximum atomic E-state index is 11.8. The molecule has 6 heteroatoms. The first-order valence-electron chi connectivity index (χ1n) is 6.14. The van der Waals surface area contributed by atoms with Gasteiger partial charge < -0.3 is 15.7 Å². The molecule has 0 unspecified atom stereocenters. The first-order chi connectivity index (χ1) is 9.97. The second kappa shape index (κ2) is 6.28. The van der Waals surface area contributed by atoms with E-state index >= 15 is 0 Å². The molecule has 0 heterocycles. The van der Waals surface area contributed by atoms with Gasteiger partial charge in [-0.1, -0.05) is 29.8 Å². The third-order valence-electron chi connectivity index (χ3n) is 2.73. The number of carbonyl (C=O) groups is 2. The Labute approximate surface area is 126 Å². The number of hydrogen-bond acceptors (Lipinski definition) is 3. The number of halogens is 1. The van der Waals surface area contributed by atoms with Crippen molar-refractivity contribution < 1.29 is 14.7 Å². The summed E-state index contributed by atoms with van der Waals surface area (Å²) in [6.07, 6.45) is 0. The van der Waals surface area contributed by atoms with E-state index in [0.29, 0.717) is 10.7 Å². The number of phenolic OH excluding ortho intramolecular Hbond substituents is 1. The molecule has 2 amide bonds. The van der Waals surface area contributed by atoms with E-state index in [1.165, 1.54) is 6.07 Å². The number of amides is 2. The summed E-state index contributed by atoms with van der Waals surface area (Å²) in [5.41, 5.74) is 1.36. The van der Waals surface area contributed by atoms with E-state index in [-0.39, 0.29) is 11.4 Å². The van der Waals surface area contributed by atoms with Crippen molar-refractivity contribution in [2.45, 2.75) is 6.92 Å². The summed E-state index contributed by atoms with van der Waals surface area (Å²) in [4.78, 5) is 23.6. The fourth-order valence-corrected chi connectivity index (χ4v) is 1.85. The highest BCUT2D eigenvalue weighted by atomic mass is 35.5. The average molecular weight is 305 g/mol. The second-order valence-corrected chi connectivity index (χ2v) is 4.82. The topological polar surface area (TPSA) is 78.4 Å². The van der Waals surface area contributed by atoms with Crippen LogP contribution < -0.4 is 10.6 Å². The first kappa shape index (κ1) is 14.9. The molecule has 108 valence electrons. The van der Waals surface area contributed by atoms with Crippen LogP contribution in [0, 0.1) is 6.92 Å². The Hall–Kier alpha value is -2.53. The molecule has 0 bridgehead atoms. The number of para-hydroxylation sites is 1. The predicted octanol–water partition coefficient (Wildman–Crippen LogP) is 2.93. The Bertz CT molecular complexity index is 701. The van der Waals surface area contributed by atoms with Gasteiger partial charge in [0.25, 0.3) is 0 Å². The molecule has 0 aliphatic carbocycles. The SMILES string of the molecule is Cc1ccc(O)c(NC(=O)C(=O)Nc2ccccc2Cl)c1. The molecule has 0 spiro atoms. The number of aromatic hydroxyl groups is 1. The minimum Gasteiger partial charge on any atom is -0.506 e. The highest BCUT2D eigenvalue weighted by Crippen LogP contribution is 2.24. The second-order valence-electron chi connectivity index (χ2n) is 4.41. The van der Waals surface area contributed by atoms with Crippen LogP contribution in [0.25, 0.3) is 0 Å². The average Bonchev–Trinajstić information content (AvgIpc) is 2.45. The van der Waals surface area contributed by atoms with Crippen LogP contribution in [0.2, 0.25) is 5.02 Å². The Morgan fingerprint density at radius 2 is 1.62 bits per heavy atom. The molecule has 2 rings (SSSR count). The number of rotatable bonds is 2. The summed E-state index contributed by atoms with van der Waals surface area (Å²) in [6, 6.07) is 11.3. The van der Waals surface area contributed by atoms with Gasteiger partial charge >= 0.3 is 11.8 Å². The summed E-state index contributed by atoms with van der Waals surface area (Å²) < 4.78 is 0. The molecule has 0 saturated heterocycles. The molecule has 0 saturated carbocycles. The van der Waals surface area contributed by atoms with E-state index in [2.05, 4.69) is 10.6 Å². The molecule has 0 aromatic heterocycles. The largest absolute Gasteiger partial charge is 0.506 e. The van der Waals surface area contributed by atoms with E-state index in [4.69, 9.17) is 11.6 Å². The summed E-state index contributed by atoms with van der Waals surface area (Å²) in [5, 5.41) is 14.7. The lowest BCUT2D eigenvalue weighted by Crippen LogP contribution is -2.29. The van der Waals surface area contributed by atoms with Crippen molar-refractivity contribution in [1.82, 2.24) is 0 Å². The number of aryl methyl sites for hydroxylation is 1. The molecular weight excluding hydrogens is 292 g/mol. The van der Waals surface area contributed by atoms with E-state index in [1.807, 2.05) is 0 Å². The fourth-order valence-electron chi connectivity index (χ4n) is 1.67. The van der Waals surface area contributed by atoms with Gasteiger partial charge in [-0.05, 0) is 36.8 Å². The molecule has 21 heavy (non-hydrogen) atoms. The molecular formula is C15H13ClN2O3. The van der Waals surface area contributed by atoms with Crippen molar-refractivity contribution >= 4 is 34.8 Å². The molecule has 2 aromatic rings. The van der Waals surface area contributed by atoms with Crippen LogP contribution in [0.3, 0.4) is 0 Å². The van der Waals surface area contributed by atoms with Crippen LogP contribution >= 0.6 is 11.6 Å². The lowest BCUT2D eigenvalue weighted by atomic mass is 10.2. The van der Waals surface area contributed by atoms with Crippen LogP contribution in [0.5, 0.6) is 5.75 Å². The number of carbonyl (C=O) groups excluding carboxylic acids is 2. The van der Waals surface area contributed by atoms with Gasteiger partial charge in [0, 0.05) is 0 Å². The van der Waals surface area contributed by atoms with Crippen LogP contribution in [-0.4, -0.2) is 16.9 Å². The van der Waals surface area contributed by atoms with Crippen LogP contribution in [0.15, 0.2) is 42.5 Å². The number of anilines is 2. The summed E-state index contributed by atoms with van der Waals surface area (Å²) in [7, 11) is 0. The number of benzene rings is 2. The van der Waals surface area contributed by atoms with Crippen molar-refractivity contribution in [3.63, 3.8) is 0 Å². The third kappa shape index (κ3) is 3.73. The standard InChI is InChI=1S/C15H13ClN2O3/c1-9-6-7-13(19)12(8-9)18-15(21)14(20)17-11-5-3-2-4-10(11)16/h2-8,19H,1H3,(H,17,20)(H,18,21). The van der Waals surface area contributed by atoms with Crippen molar-refractivity contribution in [2.24, 2.45) is 0 Å². The Balaban J connectivity index is 2.08. The highest BCUT2D eigenvalue weighted by Gasteiger charge is 2.16. The Morgan fingerprint density at radius 1 is 1.00 bits per heavy atom. The Kier molecular flexibility index (Phi) is 4.45. The van der Waals surface area contributed by atoms with Gasteiger partial charge in [-0.25, -0.2) is 0 Å². The molecule has 5 nitrogen and oxygen atoms in total. The van der Waals surface area contributed by atoms with Crippen molar-refractivity contribution in [2.75, 3.05) is 10.6 Å². The zero-order valence-electron chi connectivity index (χ0n) is 11.2. The maximum Gasteiger partial charge on any atom is 0.314 e. The van der Waals surface area contributed by atoms with Gasteiger partial charge in [0.2, 0.25) is 0 Å². The summed E-state index contributed by atoms with van der Waals surface area (Å²) >= 11 is 5.89. The van der Waals surface area contributed by atoms with Crippen LogP contribution in [0.4, 0.5) is 11.4 Å². The predicted molar refractivity (Wildman–Crippen MR) is 81.6 cm³/mol. The quantitative estimate of drug-likeness (QED) is 0.589. The summed E-state index contributed by atoms with van der Waals surface area (Å²) in [5.74, 6) is -1.88. The first-order valence-corrected chi connectivity index (χ1v) is 6.51. The molecule has 0 aliphatic heterocycles. The van der Waals surface area contributed by atoms with E-state index in [0.717, 1.165) is 5.56 Å². The van der Waals surface area contributed by atoms with Gasteiger partial charge in [0.15, 0.2) is 0 Å². The smallest absolute Gasteiger partial charge is 0.314 e. The minimum atomic E-state index is -0.893. The Morgan fingerprint density at radius 3 is 2.29 bits per heavy atom. The van der Waals surface area contributed by atoms with E-state index in [1.54, 1.807) is 43.3 Å². The zero-order chi connectivity index (χ0) is 15.4. The van der Waals surface area contributed by atoms with Gasteiger partial charge in [0.05, 0.1) is 16.4 Å². The zero-order valence-corrected chi connectivity index (χ0v) is 11.9. The lowest BCUT2D eigenvalue weighted by Gasteiger charge is -2.09. The lowest BCUT2D eigenvalue weighted by molar-refractivity contribution is -0.133. The molecule has 0 aliphatic rings.